The zero-order valence-electron chi connectivity index (χ0n) is 10.8. The Kier molecular flexibility index (Phi) is 4.53. The number of nitriles is 1. The summed E-state index contributed by atoms with van der Waals surface area (Å²) in [6.07, 6.45) is 1.72. The Morgan fingerprint density at radius 1 is 1.35 bits per heavy atom. The number of hydrogen-bond donors (Lipinski definition) is 1. The second-order valence-electron chi connectivity index (χ2n) is 4.47. The first-order valence-corrected chi connectivity index (χ1v) is 5.97. The van der Waals surface area contributed by atoms with Crippen molar-refractivity contribution in [2.24, 2.45) is 5.73 Å². The maximum atomic E-state index is 8.99. The predicted octanol–water partition coefficient (Wildman–Crippen LogP) is 2.76. The number of nitrogens with zero attached hydrogens (tertiary/aromatic N) is 1. The normalized spacial score (nSPS) is 11.0. The van der Waals surface area contributed by atoms with Gasteiger partial charge in [-0.1, -0.05) is 19.9 Å². The molecule has 0 fully saturated rings. The molecule has 0 spiro atoms. The van der Waals surface area contributed by atoms with Gasteiger partial charge in [-0.05, 0) is 37.5 Å². The molecular formula is C14H20N2O. The molecule has 0 unspecified atom stereocenters. The van der Waals surface area contributed by atoms with Gasteiger partial charge in [0, 0.05) is 5.54 Å². The molecule has 0 saturated heterocycles. The van der Waals surface area contributed by atoms with Crippen LogP contribution in [-0.4, -0.2) is 12.1 Å². The first-order valence-electron chi connectivity index (χ1n) is 5.97. The Morgan fingerprint density at radius 2 is 2.00 bits per heavy atom. The van der Waals surface area contributed by atoms with Gasteiger partial charge in [0.2, 0.25) is 0 Å². The van der Waals surface area contributed by atoms with E-state index < -0.39 is 0 Å². The molecule has 2 N–H and O–H groups in total. The minimum absolute atomic E-state index is 0.309. The third-order valence-corrected chi connectivity index (χ3v) is 3.18. The summed E-state index contributed by atoms with van der Waals surface area (Å²) in [6.45, 7) is 6.52. The fourth-order valence-electron chi connectivity index (χ4n) is 1.52. The van der Waals surface area contributed by atoms with Crippen molar-refractivity contribution in [3.63, 3.8) is 0 Å². The molecule has 0 saturated carbocycles. The lowest BCUT2D eigenvalue weighted by molar-refractivity contribution is 0.206. The smallest absolute Gasteiger partial charge is 0.137 e. The van der Waals surface area contributed by atoms with Crippen molar-refractivity contribution in [1.29, 1.82) is 5.26 Å². The van der Waals surface area contributed by atoms with E-state index in [1.165, 1.54) is 0 Å². The summed E-state index contributed by atoms with van der Waals surface area (Å²) in [5, 5.41) is 8.99. The maximum Gasteiger partial charge on any atom is 0.137 e. The molecule has 0 heterocycles. The Balaban J connectivity index is 2.82. The van der Waals surface area contributed by atoms with Crippen molar-refractivity contribution in [2.75, 3.05) is 6.61 Å². The van der Waals surface area contributed by atoms with E-state index in [0.717, 1.165) is 18.4 Å². The molecule has 0 atom stereocenters. The standard InChI is InChI=1S/C14H20N2O/c1-4-14(16,5-2)10-17-13-8-11(3)6-7-12(13)9-15/h6-8H,4-5,10,16H2,1-3H3. The maximum absolute atomic E-state index is 8.99. The SMILES string of the molecule is CCC(N)(CC)COc1cc(C)ccc1C#N. The molecule has 0 aliphatic carbocycles. The van der Waals surface area contributed by atoms with Gasteiger partial charge < -0.3 is 10.5 Å². The molecule has 3 nitrogen and oxygen atoms in total. The number of benzene rings is 1. The molecule has 0 radical (unpaired) electrons. The van der Waals surface area contributed by atoms with Crippen molar-refractivity contribution >= 4 is 0 Å². The van der Waals surface area contributed by atoms with E-state index in [4.69, 9.17) is 15.7 Å². The fraction of sp³-hybridized carbons (Fsp3) is 0.500. The molecule has 0 amide bonds. The van der Waals surface area contributed by atoms with Crippen LogP contribution in [-0.2, 0) is 0 Å². The van der Waals surface area contributed by atoms with E-state index >= 15 is 0 Å². The van der Waals surface area contributed by atoms with Gasteiger partial charge in [-0.2, -0.15) is 5.26 Å². The highest BCUT2D eigenvalue weighted by molar-refractivity contribution is 5.45. The summed E-state index contributed by atoms with van der Waals surface area (Å²) < 4.78 is 5.71. The largest absolute Gasteiger partial charge is 0.490 e. The highest BCUT2D eigenvalue weighted by Gasteiger charge is 2.21. The molecule has 17 heavy (non-hydrogen) atoms. The van der Waals surface area contributed by atoms with Gasteiger partial charge in [0.1, 0.15) is 18.4 Å². The highest BCUT2D eigenvalue weighted by Crippen LogP contribution is 2.21. The van der Waals surface area contributed by atoms with Gasteiger partial charge in [0.25, 0.3) is 0 Å². The van der Waals surface area contributed by atoms with Gasteiger partial charge in [-0.15, -0.1) is 0 Å². The Bertz CT molecular complexity index is 417. The van der Waals surface area contributed by atoms with Crippen molar-refractivity contribution < 1.29 is 4.74 Å². The van der Waals surface area contributed by atoms with Crippen molar-refractivity contribution in [2.45, 2.75) is 39.2 Å². The lowest BCUT2D eigenvalue weighted by Crippen LogP contribution is -2.44. The van der Waals surface area contributed by atoms with Gasteiger partial charge in [-0.25, -0.2) is 0 Å². The zero-order valence-corrected chi connectivity index (χ0v) is 10.8. The summed E-state index contributed by atoms with van der Waals surface area (Å²) in [6, 6.07) is 7.69. The second-order valence-corrected chi connectivity index (χ2v) is 4.47. The Morgan fingerprint density at radius 3 is 2.53 bits per heavy atom. The van der Waals surface area contributed by atoms with E-state index in [-0.39, 0.29) is 5.54 Å². The molecule has 0 aliphatic heterocycles. The van der Waals surface area contributed by atoms with Crippen LogP contribution in [0.25, 0.3) is 0 Å². The molecule has 1 aromatic carbocycles. The number of nitrogens with two attached hydrogens (primary N) is 1. The number of hydrogen-bond acceptors (Lipinski definition) is 3. The fourth-order valence-corrected chi connectivity index (χ4v) is 1.52. The third kappa shape index (κ3) is 3.47. The van der Waals surface area contributed by atoms with Crippen LogP contribution in [0, 0.1) is 18.3 Å². The molecule has 0 aliphatic rings. The van der Waals surface area contributed by atoms with Crippen LogP contribution in [0.4, 0.5) is 0 Å². The van der Waals surface area contributed by atoms with E-state index in [1.54, 1.807) is 6.07 Å². The molecule has 1 aromatic rings. The topological polar surface area (TPSA) is 59.0 Å². The molecule has 3 heteroatoms. The quantitative estimate of drug-likeness (QED) is 0.849. The number of ether oxygens (including phenoxy) is 1. The number of aryl methyl sites for hydroxylation is 1. The summed E-state index contributed by atoms with van der Waals surface area (Å²) in [5.41, 5.74) is 7.50. The van der Waals surface area contributed by atoms with Crippen LogP contribution in [0.1, 0.15) is 37.8 Å². The summed E-state index contributed by atoms with van der Waals surface area (Å²) in [7, 11) is 0. The Hall–Kier alpha value is -1.53. The molecule has 1 rings (SSSR count). The summed E-state index contributed by atoms with van der Waals surface area (Å²) in [5.74, 6) is 0.629. The predicted molar refractivity (Wildman–Crippen MR) is 68.9 cm³/mol. The van der Waals surface area contributed by atoms with E-state index in [2.05, 4.69) is 6.07 Å². The molecule has 0 aromatic heterocycles. The molecular weight excluding hydrogens is 212 g/mol. The van der Waals surface area contributed by atoms with Gasteiger partial charge in [-0.3, -0.25) is 0 Å². The minimum atomic E-state index is -0.309. The second kappa shape index (κ2) is 5.70. The van der Waals surface area contributed by atoms with Crippen molar-refractivity contribution in [3.05, 3.63) is 29.3 Å². The van der Waals surface area contributed by atoms with Crippen molar-refractivity contribution in [1.82, 2.24) is 0 Å². The first kappa shape index (κ1) is 13.5. The monoisotopic (exact) mass is 232 g/mol. The van der Waals surface area contributed by atoms with Crippen molar-refractivity contribution in [3.8, 4) is 11.8 Å². The van der Waals surface area contributed by atoms with E-state index in [0.29, 0.717) is 17.9 Å². The van der Waals surface area contributed by atoms with E-state index in [9.17, 15) is 0 Å². The average molecular weight is 232 g/mol. The third-order valence-electron chi connectivity index (χ3n) is 3.18. The Labute approximate surface area is 103 Å². The highest BCUT2D eigenvalue weighted by atomic mass is 16.5. The first-order chi connectivity index (χ1) is 8.04. The summed E-state index contributed by atoms with van der Waals surface area (Å²) in [4.78, 5) is 0. The van der Waals surface area contributed by atoms with Crippen LogP contribution >= 0.6 is 0 Å². The lowest BCUT2D eigenvalue weighted by Gasteiger charge is -2.26. The molecule has 92 valence electrons. The van der Waals surface area contributed by atoms with E-state index in [1.807, 2.05) is 32.9 Å². The minimum Gasteiger partial charge on any atom is -0.490 e. The van der Waals surface area contributed by atoms with Crippen LogP contribution in [0.15, 0.2) is 18.2 Å². The molecule has 0 bridgehead atoms. The average Bonchev–Trinajstić information content (AvgIpc) is 2.36. The summed E-state index contributed by atoms with van der Waals surface area (Å²) >= 11 is 0. The van der Waals surface area contributed by atoms with Gasteiger partial charge >= 0.3 is 0 Å². The van der Waals surface area contributed by atoms with Crippen LogP contribution in [0.2, 0.25) is 0 Å². The lowest BCUT2D eigenvalue weighted by atomic mass is 9.95. The number of rotatable bonds is 5. The van der Waals surface area contributed by atoms with Crippen LogP contribution in [0.5, 0.6) is 5.75 Å². The van der Waals surface area contributed by atoms with Crippen LogP contribution < -0.4 is 10.5 Å². The van der Waals surface area contributed by atoms with Crippen LogP contribution in [0.3, 0.4) is 0 Å². The van der Waals surface area contributed by atoms with Gasteiger partial charge in [0.05, 0.1) is 5.56 Å². The zero-order chi connectivity index (χ0) is 12.9. The van der Waals surface area contributed by atoms with Gasteiger partial charge in [0.15, 0.2) is 0 Å².